The molecule has 0 saturated heterocycles. The molecule has 0 unspecified atom stereocenters. The third-order valence-corrected chi connectivity index (χ3v) is 2.06. The Hall–Kier alpha value is 0.0649. The highest BCUT2D eigenvalue weighted by Crippen LogP contribution is 2.29. The van der Waals surface area contributed by atoms with E-state index in [-0.39, 0.29) is 0 Å². The highest BCUT2D eigenvalue weighted by atomic mass is 14.2. The molecule has 0 heterocycles. The summed E-state index contributed by atoms with van der Waals surface area (Å²) in [6.45, 7) is 2.31. The quantitative estimate of drug-likeness (QED) is 0.417. The molecule has 0 amide bonds. The van der Waals surface area contributed by atoms with Crippen molar-refractivity contribution in [2.75, 3.05) is 0 Å². The van der Waals surface area contributed by atoms with Crippen molar-refractivity contribution in [3.63, 3.8) is 0 Å². The summed E-state index contributed by atoms with van der Waals surface area (Å²) in [4.78, 5) is 0. The lowest BCUT2D eigenvalue weighted by atomic mass is 9.72. The molecular weight excluding hydrogens is 94.9 g/mol. The maximum Gasteiger partial charge on any atom is 0.0699 e. The molecule has 0 nitrogen and oxygen atoms in total. The summed E-state index contributed by atoms with van der Waals surface area (Å²) in [5.41, 5.74) is 0. The van der Waals surface area contributed by atoms with Crippen molar-refractivity contribution < 1.29 is 0 Å². The molecule has 2 radical (unpaired) electrons. The van der Waals surface area contributed by atoms with Crippen LogP contribution in [0.3, 0.4) is 0 Å². The Bertz CT molecular complexity index is 52.8. The van der Waals surface area contributed by atoms with Gasteiger partial charge >= 0.3 is 0 Å². The van der Waals surface area contributed by atoms with Gasteiger partial charge in [-0.15, -0.1) is 0 Å². The molecule has 0 N–H and O–H groups in total. The molecule has 0 aromatic carbocycles. The molecule has 0 bridgehead atoms. The van der Waals surface area contributed by atoms with Gasteiger partial charge in [-0.25, -0.2) is 0 Å². The summed E-state index contributed by atoms with van der Waals surface area (Å²) in [5.74, 6) is 1.46. The van der Waals surface area contributed by atoms with E-state index in [0.29, 0.717) is 5.82 Å². The second-order valence-electron chi connectivity index (χ2n) is 3.02. The van der Waals surface area contributed by atoms with E-state index in [9.17, 15) is 0 Å². The second kappa shape index (κ2) is 2.57. The normalized spacial score (nSPS) is 39.6. The molecule has 44 valence electrons. The third kappa shape index (κ3) is 1.54. The Balaban J connectivity index is 2.19. The van der Waals surface area contributed by atoms with E-state index < -0.39 is 0 Å². The van der Waals surface area contributed by atoms with Gasteiger partial charge in [0.15, 0.2) is 0 Å². The Morgan fingerprint density at radius 3 is 2.00 bits per heavy atom. The topological polar surface area (TPSA) is 0 Å². The van der Waals surface area contributed by atoms with Gasteiger partial charge in [-0.3, -0.25) is 0 Å². The van der Waals surface area contributed by atoms with Gasteiger partial charge in [-0.2, -0.15) is 0 Å². The molecule has 1 aliphatic carbocycles. The highest BCUT2D eigenvalue weighted by molar-refractivity contribution is 6.11. The molecule has 1 aliphatic rings. The second-order valence-corrected chi connectivity index (χ2v) is 3.02. The van der Waals surface area contributed by atoms with E-state index in [1.165, 1.54) is 25.7 Å². The molecule has 1 rings (SSSR count). The van der Waals surface area contributed by atoms with Crippen LogP contribution >= 0.6 is 0 Å². The average Bonchev–Trinajstić information content (AvgIpc) is 1.77. The zero-order chi connectivity index (χ0) is 5.98. The van der Waals surface area contributed by atoms with Crippen molar-refractivity contribution >= 4 is 7.85 Å². The Morgan fingerprint density at radius 1 is 1.12 bits per heavy atom. The van der Waals surface area contributed by atoms with Crippen molar-refractivity contribution in [3.05, 3.63) is 0 Å². The van der Waals surface area contributed by atoms with Crippen LogP contribution in [0.25, 0.3) is 0 Å². The number of hydrogen-bond donors (Lipinski definition) is 0. The van der Waals surface area contributed by atoms with Gasteiger partial charge in [0.1, 0.15) is 0 Å². The fraction of sp³-hybridized carbons (Fsp3) is 1.00. The monoisotopic (exact) mass is 108 g/mol. The highest BCUT2D eigenvalue weighted by Gasteiger charge is 2.12. The maximum atomic E-state index is 5.70. The van der Waals surface area contributed by atoms with E-state index in [1.54, 1.807) is 0 Å². The van der Waals surface area contributed by atoms with Crippen LogP contribution in [0.1, 0.15) is 32.6 Å². The predicted octanol–water partition coefficient (Wildman–Crippen LogP) is 2.15. The summed E-state index contributed by atoms with van der Waals surface area (Å²) in [6, 6.07) is 0. The molecule has 0 aromatic heterocycles. The summed E-state index contributed by atoms with van der Waals surface area (Å²) >= 11 is 0. The Morgan fingerprint density at radius 2 is 1.62 bits per heavy atom. The SMILES string of the molecule is [B]C1CCC(C)CC1. The van der Waals surface area contributed by atoms with E-state index in [2.05, 4.69) is 6.92 Å². The molecule has 0 aromatic rings. The van der Waals surface area contributed by atoms with E-state index in [4.69, 9.17) is 7.85 Å². The van der Waals surface area contributed by atoms with Gasteiger partial charge in [0.2, 0.25) is 0 Å². The first-order valence-electron chi connectivity index (χ1n) is 3.54. The van der Waals surface area contributed by atoms with Crippen LogP contribution in [0.15, 0.2) is 0 Å². The summed E-state index contributed by atoms with van der Waals surface area (Å²) in [7, 11) is 5.70. The summed E-state index contributed by atoms with van der Waals surface area (Å²) in [6.07, 6.45) is 5.20. The van der Waals surface area contributed by atoms with Crippen molar-refractivity contribution in [2.45, 2.75) is 38.4 Å². The zero-order valence-corrected chi connectivity index (χ0v) is 5.56. The lowest BCUT2D eigenvalue weighted by Crippen LogP contribution is -2.07. The first-order valence-corrected chi connectivity index (χ1v) is 3.54. The van der Waals surface area contributed by atoms with Crippen LogP contribution in [-0.4, -0.2) is 7.85 Å². The van der Waals surface area contributed by atoms with Crippen LogP contribution in [0.2, 0.25) is 5.82 Å². The number of rotatable bonds is 0. The van der Waals surface area contributed by atoms with E-state index >= 15 is 0 Å². The fourth-order valence-corrected chi connectivity index (χ4v) is 1.29. The lowest BCUT2D eigenvalue weighted by molar-refractivity contribution is 0.386. The first kappa shape index (κ1) is 6.19. The van der Waals surface area contributed by atoms with Crippen molar-refractivity contribution in [2.24, 2.45) is 5.92 Å². The summed E-state index contributed by atoms with van der Waals surface area (Å²) < 4.78 is 0. The molecule has 1 fully saturated rings. The van der Waals surface area contributed by atoms with Crippen molar-refractivity contribution in [3.8, 4) is 0 Å². The maximum absolute atomic E-state index is 5.70. The predicted molar refractivity (Wildman–Crippen MR) is 37.1 cm³/mol. The van der Waals surface area contributed by atoms with Crippen LogP contribution in [0.5, 0.6) is 0 Å². The minimum Gasteiger partial charge on any atom is -0.0774 e. The van der Waals surface area contributed by atoms with Crippen LogP contribution in [0, 0.1) is 5.92 Å². The van der Waals surface area contributed by atoms with Gasteiger partial charge in [-0.05, 0) is 5.92 Å². The summed E-state index contributed by atoms with van der Waals surface area (Å²) in [5, 5.41) is 0. The number of hydrogen-bond acceptors (Lipinski definition) is 0. The largest absolute Gasteiger partial charge is 0.0774 e. The molecule has 0 aliphatic heterocycles. The van der Waals surface area contributed by atoms with Gasteiger partial charge in [-0.1, -0.05) is 38.4 Å². The van der Waals surface area contributed by atoms with Crippen molar-refractivity contribution in [1.82, 2.24) is 0 Å². The van der Waals surface area contributed by atoms with Crippen molar-refractivity contribution in [1.29, 1.82) is 0 Å². The third-order valence-electron chi connectivity index (χ3n) is 2.06. The molecule has 8 heavy (non-hydrogen) atoms. The molecule has 1 heteroatoms. The van der Waals surface area contributed by atoms with E-state index in [1.807, 2.05) is 0 Å². The fourth-order valence-electron chi connectivity index (χ4n) is 1.29. The minimum absolute atomic E-state index is 0.520. The Kier molecular flexibility index (Phi) is 1.98. The smallest absolute Gasteiger partial charge is 0.0699 e. The molecule has 0 atom stereocenters. The van der Waals surface area contributed by atoms with Gasteiger partial charge in [0, 0.05) is 0 Å². The van der Waals surface area contributed by atoms with Gasteiger partial charge in [0.25, 0.3) is 0 Å². The van der Waals surface area contributed by atoms with Crippen LogP contribution < -0.4 is 0 Å². The first-order chi connectivity index (χ1) is 3.79. The molecular formula is C7H13B. The van der Waals surface area contributed by atoms with E-state index in [0.717, 1.165) is 5.92 Å². The average molecular weight is 108 g/mol. The minimum atomic E-state index is 0.520. The van der Waals surface area contributed by atoms with Gasteiger partial charge in [0.05, 0.1) is 7.85 Å². The zero-order valence-electron chi connectivity index (χ0n) is 5.56. The Labute approximate surface area is 53.1 Å². The van der Waals surface area contributed by atoms with Crippen LogP contribution in [0.4, 0.5) is 0 Å². The standard InChI is InChI=1S/C7H13B/c1-6-2-4-7(8)5-3-6/h6-7H,2-5H2,1H3. The van der Waals surface area contributed by atoms with Gasteiger partial charge < -0.3 is 0 Å². The lowest BCUT2D eigenvalue weighted by Gasteiger charge is -2.22. The molecule has 1 saturated carbocycles. The van der Waals surface area contributed by atoms with Crippen LogP contribution in [-0.2, 0) is 0 Å². The molecule has 0 spiro atoms.